The Morgan fingerprint density at radius 2 is 2.29 bits per heavy atom. The summed E-state index contributed by atoms with van der Waals surface area (Å²) in [7, 11) is 0. The van der Waals surface area contributed by atoms with Crippen molar-refractivity contribution >= 4 is 11.9 Å². The molecule has 0 fully saturated rings. The molecule has 1 rings (SSSR count). The fourth-order valence-electron chi connectivity index (χ4n) is 0.864. The number of carbonyl (C=O) groups excluding carboxylic acids is 1. The normalized spacial score (nSPS) is 14.6. The van der Waals surface area contributed by atoms with E-state index >= 15 is 0 Å². The lowest BCUT2D eigenvalue weighted by Crippen LogP contribution is -2.30. The summed E-state index contributed by atoms with van der Waals surface area (Å²) >= 11 is 0. The lowest BCUT2D eigenvalue weighted by Gasteiger charge is -1.97. The van der Waals surface area contributed by atoms with Crippen LogP contribution in [-0.4, -0.2) is 25.1 Å². The van der Waals surface area contributed by atoms with Crippen molar-refractivity contribution in [2.75, 3.05) is 13.2 Å². The Hall–Kier alpha value is -1.13. The van der Waals surface area contributed by atoms with Gasteiger partial charge in [0.25, 0.3) is 0 Å². The highest BCUT2D eigenvalue weighted by Gasteiger charge is 2.07. The molecule has 0 saturated carbocycles. The van der Waals surface area contributed by atoms with Gasteiger partial charge in [-0.05, 0) is 18.8 Å². The number of alkyl halides is 1. The second-order valence-corrected chi connectivity index (χ2v) is 3.47. The molecule has 0 aromatic heterocycles. The highest BCUT2D eigenvalue weighted by atomic mass is 19.1. The number of nitrogens with one attached hydrogen (secondary N) is 1. The van der Waals surface area contributed by atoms with E-state index in [1.807, 2.05) is 0 Å². The first-order valence-electron chi connectivity index (χ1n) is 4.72. The zero-order valence-corrected chi connectivity index (χ0v) is 8.72. The van der Waals surface area contributed by atoms with Crippen molar-refractivity contribution in [3.63, 3.8) is 0 Å². The number of hydrogen-bond acceptors (Lipinski definition) is 3. The average Bonchev–Trinajstić information content (AvgIpc) is 2.47. The van der Waals surface area contributed by atoms with Crippen molar-refractivity contribution in [3.05, 3.63) is 0 Å². The summed E-state index contributed by atoms with van der Waals surface area (Å²) in [6, 6.07) is 0. The molecule has 0 atom stereocenters. The highest BCUT2D eigenvalue weighted by molar-refractivity contribution is 6.02. The third-order valence-electron chi connectivity index (χ3n) is 1.58. The summed E-state index contributed by atoms with van der Waals surface area (Å²) in [5.41, 5.74) is 5.04. The van der Waals surface area contributed by atoms with Crippen molar-refractivity contribution < 1.29 is 9.18 Å². The van der Waals surface area contributed by atoms with E-state index in [0.717, 1.165) is 12.8 Å². The maximum Gasteiger partial charge on any atom is 0.248 e. The van der Waals surface area contributed by atoms with Crippen LogP contribution in [0.15, 0.2) is 4.99 Å². The summed E-state index contributed by atoms with van der Waals surface area (Å²) in [5, 5.41) is 2.31. The molecule has 0 spiro atoms. The van der Waals surface area contributed by atoms with Crippen molar-refractivity contribution in [1.82, 2.24) is 5.32 Å². The van der Waals surface area contributed by atoms with Crippen LogP contribution in [0.1, 0.15) is 26.7 Å². The summed E-state index contributed by atoms with van der Waals surface area (Å²) in [5.74, 6) is 0.762. The molecule has 0 bridgehead atoms. The first kappa shape index (κ1) is 12.9. The lowest BCUT2D eigenvalue weighted by molar-refractivity contribution is -0.117. The van der Waals surface area contributed by atoms with Crippen molar-refractivity contribution in [1.29, 1.82) is 0 Å². The SMILES string of the molecule is CC(C)CCCF.NC1=NCC(=O)N1. The minimum absolute atomic E-state index is 0.127. The second kappa shape index (κ2) is 7.29. The molecular formula is C9H18FN3O. The number of rotatable bonds is 3. The van der Waals surface area contributed by atoms with Gasteiger partial charge in [-0.1, -0.05) is 13.8 Å². The third kappa shape index (κ3) is 7.52. The summed E-state index contributed by atoms with van der Waals surface area (Å²) in [4.78, 5) is 13.7. The minimum Gasteiger partial charge on any atom is -0.370 e. The fourth-order valence-corrected chi connectivity index (χ4v) is 0.864. The Kier molecular flexibility index (Phi) is 6.70. The summed E-state index contributed by atoms with van der Waals surface area (Å²) in [6.07, 6.45) is 1.76. The molecule has 0 unspecified atom stereocenters. The molecule has 3 N–H and O–H groups in total. The molecule has 0 aliphatic carbocycles. The molecule has 0 saturated heterocycles. The number of amides is 1. The van der Waals surface area contributed by atoms with Crippen LogP contribution in [0.2, 0.25) is 0 Å². The van der Waals surface area contributed by atoms with Crippen LogP contribution in [0.3, 0.4) is 0 Å². The van der Waals surface area contributed by atoms with Gasteiger partial charge in [0.05, 0.1) is 6.67 Å². The van der Waals surface area contributed by atoms with Crippen LogP contribution < -0.4 is 11.1 Å². The fraction of sp³-hybridized carbons (Fsp3) is 0.778. The lowest BCUT2D eigenvalue weighted by atomic mass is 10.1. The summed E-state index contributed by atoms with van der Waals surface area (Å²) < 4.78 is 11.4. The molecular weight excluding hydrogens is 185 g/mol. The molecule has 82 valence electrons. The van der Waals surface area contributed by atoms with Gasteiger partial charge in [0.1, 0.15) is 6.54 Å². The smallest absolute Gasteiger partial charge is 0.248 e. The van der Waals surface area contributed by atoms with E-state index in [4.69, 9.17) is 5.73 Å². The number of aliphatic imine (C=N–C) groups is 1. The Morgan fingerprint density at radius 3 is 2.43 bits per heavy atom. The van der Waals surface area contributed by atoms with Gasteiger partial charge in [0.15, 0.2) is 5.96 Å². The van der Waals surface area contributed by atoms with E-state index in [1.165, 1.54) is 0 Å². The minimum atomic E-state index is -0.155. The van der Waals surface area contributed by atoms with E-state index < -0.39 is 0 Å². The Balaban J connectivity index is 0.000000241. The number of nitrogens with two attached hydrogens (primary N) is 1. The number of guanidine groups is 1. The molecule has 1 aliphatic rings. The van der Waals surface area contributed by atoms with Gasteiger partial charge in [-0.3, -0.25) is 14.5 Å². The molecule has 0 aromatic carbocycles. The topological polar surface area (TPSA) is 67.5 Å². The maximum atomic E-state index is 11.4. The van der Waals surface area contributed by atoms with Gasteiger partial charge in [-0.15, -0.1) is 0 Å². The number of halogens is 1. The maximum absolute atomic E-state index is 11.4. The number of hydrogen-bond donors (Lipinski definition) is 2. The first-order chi connectivity index (χ1) is 6.56. The van der Waals surface area contributed by atoms with Crippen LogP contribution in [0.25, 0.3) is 0 Å². The quantitative estimate of drug-likeness (QED) is 0.713. The Morgan fingerprint density at radius 1 is 1.64 bits per heavy atom. The predicted molar refractivity (Wildman–Crippen MR) is 54.7 cm³/mol. The number of carbonyl (C=O) groups is 1. The molecule has 1 amide bonds. The average molecular weight is 203 g/mol. The van der Waals surface area contributed by atoms with Crippen LogP contribution in [0.4, 0.5) is 4.39 Å². The monoisotopic (exact) mass is 203 g/mol. The zero-order valence-electron chi connectivity index (χ0n) is 8.72. The van der Waals surface area contributed by atoms with Crippen molar-refractivity contribution in [2.45, 2.75) is 26.7 Å². The van der Waals surface area contributed by atoms with Crippen LogP contribution in [0, 0.1) is 5.92 Å². The first-order valence-corrected chi connectivity index (χ1v) is 4.72. The molecule has 4 nitrogen and oxygen atoms in total. The van der Waals surface area contributed by atoms with Gasteiger partial charge < -0.3 is 5.73 Å². The van der Waals surface area contributed by atoms with E-state index in [-0.39, 0.29) is 25.1 Å². The van der Waals surface area contributed by atoms with Gasteiger partial charge in [-0.2, -0.15) is 0 Å². The molecule has 1 aliphatic heterocycles. The molecule has 5 heteroatoms. The Bertz CT molecular complexity index is 204. The van der Waals surface area contributed by atoms with Gasteiger partial charge in [-0.25, -0.2) is 4.99 Å². The van der Waals surface area contributed by atoms with Crippen LogP contribution >= 0.6 is 0 Å². The van der Waals surface area contributed by atoms with Crippen molar-refractivity contribution in [3.8, 4) is 0 Å². The molecule has 14 heavy (non-hydrogen) atoms. The van der Waals surface area contributed by atoms with Crippen LogP contribution in [0.5, 0.6) is 0 Å². The molecule has 1 heterocycles. The summed E-state index contributed by atoms with van der Waals surface area (Å²) in [6.45, 7) is 4.25. The van der Waals surface area contributed by atoms with E-state index in [2.05, 4.69) is 24.2 Å². The van der Waals surface area contributed by atoms with Gasteiger partial charge >= 0.3 is 0 Å². The highest BCUT2D eigenvalue weighted by Crippen LogP contribution is 2.02. The van der Waals surface area contributed by atoms with Gasteiger partial charge in [0, 0.05) is 0 Å². The van der Waals surface area contributed by atoms with Crippen LogP contribution in [-0.2, 0) is 4.79 Å². The third-order valence-corrected chi connectivity index (χ3v) is 1.58. The zero-order chi connectivity index (χ0) is 11.0. The molecule has 0 radical (unpaired) electrons. The largest absolute Gasteiger partial charge is 0.370 e. The Labute approximate surface area is 83.8 Å². The standard InChI is InChI=1S/C6H13F.C3H5N3O/c1-6(2)4-3-5-7;4-3-5-1-2(7)6-3/h6H,3-5H2,1-2H3;1H2,(H3,4,5,6,7). The van der Waals surface area contributed by atoms with Crippen molar-refractivity contribution in [2.24, 2.45) is 16.6 Å². The molecule has 0 aromatic rings. The number of nitrogens with zero attached hydrogens (tertiary/aromatic N) is 1. The second-order valence-electron chi connectivity index (χ2n) is 3.47. The van der Waals surface area contributed by atoms with E-state index in [9.17, 15) is 9.18 Å². The van der Waals surface area contributed by atoms with Gasteiger partial charge in [0.2, 0.25) is 5.91 Å². The van der Waals surface area contributed by atoms with E-state index in [0.29, 0.717) is 5.92 Å². The van der Waals surface area contributed by atoms with E-state index in [1.54, 1.807) is 0 Å². The predicted octanol–water partition coefficient (Wildman–Crippen LogP) is 0.823.